The molecular formula is C14H14ClN3S. The smallest absolute Gasteiger partial charge is 0.125 e. The van der Waals surface area contributed by atoms with E-state index in [4.69, 9.17) is 11.6 Å². The van der Waals surface area contributed by atoms with Gasteiger partial charge in [-0.05, 0) is 25.5 Å². The minimum atomic E-state index is 0.423. The first-order valence-corrected chi connectivity index (χ1v) is 7.51. The monoisotopic (exact) mass is 291 g/mol. The largest absolute Gasteiger partial charge is 0.322 e. The second kappa shape index (κ2) is 4.94. The van der Waals surface area contributed by atoms with E-state index in [1.165, 1.54) is 10.4 Å². The zero-order valence-electron chi connectivity index (χ0n) is 10.9. The quantitative estimate of drug-likeness (QED) is 0.685. The van der Waals surface area contributed by atoms with E-state index in [-0.39, 0.29) is 0 Å². The number of nitrogens with zero attached hydrogens (tertiary/aromatic N) is 3. The van der Waals surface area contributed by atoms with E-state index in [0.29, 0.717) is 5.88 Å². The molecule has 0 unspecified atom stereocenters. The average molecular weight is 292 g/mol. The first kappa shape index (κ1) is 12.6. The third-order valence-electron chi connectivity index (χ3n) is 3.33. The SMILES string of the molecule is Cc1ncsc1Cn1c(CCl)nc2c(C)cccc21. The van der Waals surface area contributed by atoms with Gasteiger partial charge < -0.3 is 4.57 Å². The second-order valence-corrected chi connectivity index (χ2v) is 5.76. The van der Waals surface area contributed by atoms with Crippen LogP contribution in [0.2, 0.25) is 0 Å². The van der Waals surface area contributed by atoms with Crippen LogP contribution in [-0.4, -0.2) is 14.5 Å². The minimum Gasteiger partial charge on any atom is -0.322 e. The number of thiazole rings is 1. The molecule has 3 rings (SSSR count). The molecule has 0 amide bonds. The molecule has 2 aromatic heterocycles. The summed E-state index contributed by atoms with van der Waals surface area (Å²) in [5.74, 6) is 1.34. The van der Waals surface area contributed by atoms with Gasteiger partial charge in [0.15, 0.2) is 0 Å². The lowest BCUT2D eigenvalue weighted by atomic mass is 10.2. The van der Waals surface area contributed by atoms with Gasteiger partial charge in [0.25, 0.3) is 0 Å². The molecule has 5 heteroatoms. The molecule has 19 heavy (non-hydrogen) atoms. The van der Waals surface area contributed by atoms with Gasteiger partial charge in [-0.15, -0.1) is 22.9 Å². The van der Waals surface area contributed by atoms with E-state index >= 15 is 0 Å². The molecule has 0 saturated heterocycles. The molecule has 98 valence electrons. The van der Waals surface area contributed by atoms with Gasteiger partial charge >= 0.3 is 0 Å². The van der Waals surface area contributed by atoms with Gasteiger partial charge in [0.2, 0.25) is 0 Å². The van der Waals surface area contributed by atoms with Crippen molar-refractivity contribution in [2.45, 2.75) is 26.3 Å². The number of halogens is 1. The Bertz CT molecular complexity index is 729. The molecule has 2 heterocycles. The lowest BCUT2D eigenvalue weighted by Gasteiger charge is -2.06. The predicted octanol–water partition coefficient (Wildman–Crippen LogP) is 3.90. The van der Waals surface area contributed by atoms with Gasteiger partial charge in [-0.25, -0.2) is 9.97 Å². The van der Waals surface area contributed by atoms with Gasteiger partial charge in [-0.3, -0.25) is 0 Å². The zero-order chi connectivity index (χ0) is 13.4. The fourth-order valence-electron chi connectivity index (χ4n) is 2.24. The average Bonchev–Trinajstić information content (AvgIpc) is 2.96. The van der Waals surface area contributed by atoms with Crippen LogP contribution in [0.5, 0.6) is 0 Å². The predicted molar refractivity (Wildman–Crippen MR) is 80.0 cm³/mol. The molecule has 0 aliphatic carbocycles. The number of hydrogen-bond acceptors (Lipinski definition) is 3. The van der Waals surface area contributed by atoms with Gasteiger partial charge in [0.1, 0.15) is 5.82 Å². The van der Waals surface area contributed by atoms with Crippen LogP contribution in [0, 0.1) is 13.8 Å². The minimum absolute atomic E-state index is 0.423. The molecule has 3 nitrogen and oxygen atoms in total. The van der Waals surface area contributed by atoms with Crippen molar-refractivity contribution in [3.8, 4) is 0 Å². The summed E-state index contributed by atoms with van der Waals surface area (Å²) in [4.78, 5) is 10.2. The highest BCUT2D eigenvalue weighted by molar-refractivity contribution is 7.09. The van der Waals surface area contributed by atoms with E-state index in [0.717, 1.165) is 29.1 Å². The zero-order valence-corrected chi connectivity index (χ0v) is 12.4. The summed E-state index contributed by atoms with van der Waals surface area (Å²) in [6, 6.07) is 6.24. The summed E-state index contributed by atoms with van der Waals surface area (Å²) >= 11 is 7.72. The fraction of sp³-hybridized carbons (Fsp3) is 0.286. The van der Waals surface area contributed by atoms with Crippen molar-refractivity contribution in [1.29, 1.82) is 0 Å². The standard InChI is InChI=1S/C14H14ClN3S/c1-9-4-3-5-11-14(9)17-13(6-15)18(11)7-12-10(2)16-8-19-12/h3-5,8H,6-7H2,1-2H3. The number of rotatable bonds is 3. The Labute approximate surface area is 120 Å². The van der Waals surface area contributed by atoms with Crippen molar-refractivity contribution in [1.82, 2.24) is 14.5 Å². The Hall–Kier alpha value is -1.39. The number of para-hydroxylation sites is 1. The van der Waals surface area contributed by atoms with Crippen LogP contribution in [0.1, 0.15) is 22.0 Å². The number of aryl methyl sites for hydroxylation is 2. The molecular weight excluding hydrogens is 278 g/mol. The van der Waals surface area contributed by atoms with Crippen LogP contribution < -0.4 is 0 Å². The third kappa shape index (κ3) is 2.15. The molecule has 0 atom stereocenters. The van der Waals surface area contributed by atoms with Crippen molar-refractivity contribution in [3.05, 3.63) is 45.7 Å². The number of benzene rings is 1. The maximum Gasteiger partial charge on any atom is 0.125 e. The van der Waals surface area contributed by atoms with Crippen LogP contribution in [-0.2, 0) is 12.4 Å². The van der Waals surface area contributed by atoms with Crippen LogP contribution in [0.3, 0.4) is 0 Å². The van der Waals surface area contributed by atoms with E-state index in [9.17, 15) is 0 Å². The van der Waals surface area contributed by atoms with Gasteiger partial charge in [-0.2, -0.15) is 0 Å². The highest BCUT2D eigenvalue weighted by Gasteiger charge is 2.13. The Balaban J connectivity index is 2.16. The topological polar surface area (TPSA) is 30.7 Å². The molecule has 0 bridgehead atoms. The van der Waals surface area contributed by atoms with Crippen LogP contribution in [0.25, 0.3) is 11.0 Å². The number of hydrogen-bond donors (Lipinski definition) is 0. The van der Waals surface area contributed by atoms with Crippen LogP contribution in [0.4, 0.5) is 0 Å². The van der Waals surface area contributed by atoms with E-state index in [1.54, 1.807) is 11.3 Å². The Morgan fingerprint density at radius 3 is 2.84 bits per heavy atom. The molecule has 1 aromatic carbocycles. The first-order chi connectivity index (χ1) is 9.20. The molecule has 3 aromatic rings. The van der Waals surface area contributed by atoms with E-state index < -0.39 is 0 Å². The van der Waals surface area contributed by atoms with Crippen molar-refractivity contribution < 1.29 is 0 Å². The number of fused-ring (bicyclic) bond motifs is 1. The van der Waals surface area contributed by atoms with Crippen molar-refractivity contribution in [2.75, 3.05) is 0 Å². The Kier molecular flexibility index (Phi) is 3.29. The summed E-state index contributed by atoms with van der Waals surface area (Å²) in [7, 11) is 0. The van der Waals surface area contributed by atoms with Gasteiger partial charge in [0.05, 0.1) is 34.7 Å². The summed E-state index contributed by atoms with van der Waals surface area (Å²) < 4.78 is 2.19. The summed E-state index contributed by atoms with van der Waals surface area (Å²) in [6.45, 7) is 4.91. The highest BCUT2D eigenvalue weighted by atomic mass is 35.5. The normalized spacial score (nSPS) is 11.3. The second-order valence-electron chi connectivity index (χ2n) is 4.55. The molecule has 0 radical (unpaired) electrons. The molecule has 0 aliphatic rings. The summed E-state index contributed by atoms with van der Waals surface area (Å²) in [6.07, 6.45) is 0. The lowest BCUT2D eigenvalue weighted by Crippen LogP contribution is -2.03. The van der Waals surface area contributed by atoms with E-state index in [1.807, 2.05) is 12.4 Å². The lowest BCUT2D eigenvalue weighted by molar-refractivity contribution is 0.783. The fourth-order valence-corrected chi connectivity index (χ4v) is 3.20. The van der Waals surface area contributed by atoms with E-state index in [2.05, 4.69) is 39.7 Å². The Morgan fingerprint density at radius 1 is 1.32 bits per heavy atom. The third-order valence-corrected chi connectivity index (χ3v) is 4.48. The summed E-state index contributed by atoms with van der Waals surface area (Å²) in [5.41, 5.74) is 6.34. The number of aromatic nitrogens is 3. The highest BCUT2D eigenvalue weighted by Crippen LogP contribution is 2.23. The first-order valence-electron chi connectivity index (χ1n) is 6.10. The molecule has 0 aliphatic heterocycles. The molecule has 0 N–H and O–H groups in total. The maximum atomic E-state index is 6.04. The van der Waals surface area contributed by atoms with Gasteiger partial charge in [0, 0.05) is 4.88 Å². The van der Waals surface area contributed by atoms with Crippen molar-refractivity contribution in [2.24, 2.45) is 0 Å². The summed E-state index contributed by atoms with van der Waals surface area (Å²) in [5, 5.41) is 0. The molecule has 0 fully saturated rings. The van der Waals surface area contributed by atoms with Crippen LogP contribution >= 0.6 is 22.9 Å². The van der Waals surface area contributed by atoms with Gasteiger partial charge in [-0.1, -0.05) is 12.1 Å². The molecule has 0 spiro atoms. The Morgan fingerprint density at radius 2 is 2.16 bits per heavy atom. The number of alkyl halides is 1. The molecule has 0 saturated carbocycles. The van der Waals surface area contributed by atoms with Crippen LogP contribution in [0.15, 0.2) is 23.7 Å². The van der Waals surface area contributed by atoms with Crippen molar-refractivity contribution >= 4 is 34.0 Å². The number of imidazole rings is 1. The maximum absolute atomic E-state index is 6.04. The van der Waals surface area contributed by atoms with Crippen molar-refractivity contribution in [3.63, 3.8) is 0 Å².